The molecule has 3 unspecified atom stereocenters. The molecule has 1 fully saturated rings. The zero-order chi connectivity index (χ0) is 14.0. The lowest BCUT2D eigenvalue weighted by molar-refractivity contribution is 0.173. The van der Waals surface area contributed by atoms with Gasteiger partial charge >= 0.3 is 0 Å². The van der Waals surface area contributed by atoms with Crippen LogP contribution in [0.5, 0.6) is 0 Å². The summed E-state index contributed by atoms with van der Waals surface area (Å²) in [6, 6.07) is 2.25. The molecule has 1 heterocycles. The van der Waals surface area contributed by atoms with Gasteiger partial charge in [0, 0.05) is 24.2 Å². The fourth-order valence-corrected chi connectivity index (χ4v) is 3.37. The van der Waals surface area contributed by atoms with E-state index in [0.29, 0.717) is 0 Å². The van der Waals surface area contributed by atoms with Crippen molar-refractivity contribution in [3.05, 3.63) is 17.5 Å². The van der Waals surface area contributed by atoms with Crippen LogP contribution < -0.4 is 5.73 Å². The van der Waals surface area contributed by atoms with Crippen molar-refractivity contribution in [2.75, 3.05) is 0 Å². The molecule has 19 heavy (non-hydrogen) atoms. The summed E-state index contributed by atoms with van der Waals surface area (Å²) in [7, 11) is 0. The second-order valence-electron chi connectivity index (χ2n) is 6.53. The maximum absolute atomic E-state index is 6.68. The lowest BCUT2D eigenvalue weighted by Crippen LogP contribution is -2.48. The first-order valence-corrected chi connectivity index (χ1v) is 7.82. The third-order valence-electron chi connectivity index (χ3n) is 4.91. The Balaban J connectivity index is 2.13. The highest BCUT2D eigenvalue weighted by molar-refractivity contribution is 5.14. The highest BCUT2D eigenvalue weighted by Crippen LogP contribution is 2.36. The molecule has 2 N–H and O–H groups in total. The zero-order valence-corrected chi connectivity index (χ0v) is 12.9. The van der Waals surface area contributed by atoms with Gasteiger partial charge in [0.15, 0.2) is 0 Å². The van der Waals surface area contributed by atoms with Gasteiger partial charge < -0.3 is 5.73 Å². The van der Waals surface area contributed by atoms with Crippen molar-refractivity contribution in [3.8, 4) is 0 Å². The van der Waals surface area contributed by atoms with Crippen LogP contribution in [-0.2, 0) is 19.4 Å². The number of rotatable bonds is 4. The maximum atomic E-state index is 6.68. The van der Waals surface area contributed by atoms with E-state index in [-0.39, 0.29) is 5.54 Å². The molecular formula is C16H29N3. The quantitative estimate of drug-likeness (QED) is 0.907. The Labute approximate surface area is 117 Å². The van der Waals surface area contributed by atoms with E-state index in [9.17, 15) is 0 Å². The van der Waals surface area contributed by atoms with Crippen LogP contribution in [0.15, 0.2) is 6.07 Å². The summed E-state index contributed by atoms with van der Waals surface area (Å²) in [5.41, 5.74) is 9.17. The largest absolute Gasteiger partial charge is 0.325 e. The van der Waals surface area contributed by atoms with Crippen molar-refractivity contribution in [1.82, 2.24) is 9.78 Å². The van der Waals surface area contributed by atoms with Crippen LogP contribution in [0.3, 0.4) is 0 Å². The molecule has 0 aliphatic heterocycles. The number of hydrogen-bond donors (Lipinski definition) is 1. The average molecular weight is 263 g/mol. The van der Waals surface area contributed by atoms with Crippen molar-refractivity contribution < 1.29 is 0 Å². The van der Waals surface area contributed by atoms with Gasteiger partial charge in [-0.25, -0.2) is 0 Å². The standard InChI is InChI=1S/C16H29N3/c1-5-14-9-15(19(6-2)18-14)11-16(17)8-7-12(3)13(4)10-16/h9,12-13H,5-8,10-11,17H2,1-4H3. The first-order chi connectivity index (χ1) is 8.97. The van der Waals surface area contributed by atoms with Crippen LogP contribution in [0, 0.1) is 11.8 Å². The molecule has 1 aliphatic carbocycles. The van der Waals surface area contributed by atoms with Crippen molar-refractivity contribution in [2.24, 2.45) is 17.6 Å². The molecule has 0 radical (unpaired) electrons. The van der Waals surface area contributed by atoms with Crippen molar-refractivity contribution in [3.63, 3.8) is 0 Å². The number of aromatic nitrogens is 2. The second kappa shape index (κ2) is 5.66. The Bertz CT molecular complexity index is 424. The van der Waals surface area contributed by atoms with E-state index in [2.05, 4.69) is 43.5 Å². The second-order valence-corrected chi connectivity index (χ2v) is 6.53. The average Bonchev–Trinajstić information content (AvgIpc) is 2.76. The number of aryl methyl sites for hydroxylation is 2. The lowest BCUT2D eigenvalue weighted by atomic mass is 9.70. The number of nitrogens with zero attached hydrogens (tertiary/aromatic N) is 2. The van der Waals surface area contributed by atoms with Crippen LogP contribution in [0.4, 0.5) is 0 Å². The van der Waals surface area contributed by atoms with E-state index in [4.69, 9.17) is 5.73 Å². The minimum Gasteiger partial charge on any atom is -0.325 e. The van der Waals surface area contributed by atoms with Crippen LogP contribution in [0.2, 0.25) is 0 Å². The van der Waals surface area contributed by atoms with Crippen molar-refractivity contribution in [2.45, 2.75) is 71.9 Å². The summed E-state index contributed by atoms with van der Waals surface area (Å²) >= 11 is 0. The smallest absolute Gasteiger partial charge is 0.0624 e. The van der Waals surface area contributed by atoms with E-state index in [1.165, 1.54) is 17.8 Å². The SMILES string of the molecule is CCc1cc(CC2(N)CCC(C)C(C)C2)n(CC)n1. The third-order valence-corrected chi connectivity index (χ3v) is 4.91. The van der Waals surface area contributed by atoms with Gasteiger partial charge in [0.1, 0.15) is 0 Å². The van der Waals surface area contributed by atoms with E-state index in [0.717, 1.165) is 44.1 Å². The number of hydrogen-bond acceptors (Lipinski definition) is 2. The van der Waals surface area contributed by atoms with Gasteiger partial charge in [-0.2, -0.15) is 5.10 Å². The Kier molecular flexibility index (Phi) is 4.34. The predicted octanol–water partition coefficient (Wildman–Crippen LogP) is 3.16. The van der Waals surface area contributed by atoms with Crippen molar-refractivity contribution >= 4 is 0 Å². The Morgan fingerprint density at radius 1 is 1.37 bits per heavy atom. The van der Waals surface area contributed by atoms with Gasteiger partial charge in [0.2, 0.25) is 0 Å². The van der Waals surface area contributed by atoms with Gasteiger partial charge in [0.05, 0.1) is 5.69 Å². The minimum absolute atomic E-state index is 0.0239. The van der Waals surface area contributed by atoms with Crippen molar-refractivity contribution in [1.29, 1.82) is 0 Å². The van der Waals surface area contributed by atoms with E-state index >= 15 is 0 Å². The molecule has 0 spiro atoms. The highest BCUT2D eigenvalue weighted by Gasteiger charge is 2.35. The van der Waals surface area contributed by atoms with Gasteiger partial charge in [0.25, 0.3) is 0 Å². The Morgan fingerprint density at radius 3 is 2.68 bits per heavy atom. The van der Waals surface area contributed by atoms with Gasteiger partial charge in [-0.3, -0.25) is 4.68 Å². The molecule has 3 atom stereocenters. The molecule has 108 valence electrons. The normalized spacial score (nSPS) is 31.6. The van der Waals surface area contributed by atoms with Crippen LogP contribution >= 0.6 is 0 Å². The fourth-order valence-electron chi connectivity index (χ4n) is 3.37. The zero-order valence-electron chi connectivity index (χ0n) is 12.9. The van der Waals surface area contributed by atoms with Gasteiger partial charge in [-0.15, -0.1) is 0 Å². The molecule has 1 aromatic rings. The van der Waals surface area contributed by atoms with E-state index < -0.39 is 0 Å². The molecule has 1 saturated carbocycles. The summed E-state index contributed by atoms with van der Waals surface area (Å²) in [6.45, 7) is 9.96. The molecular weight excluding hydrogens is 234 g/mol. The first-order valence-electron chi connectivity index (χ1n) is 7.82. The topological polar surface area (TPSA) is 43.8 Å². The van der Waals surface area contributed by atoms with Gasteiger partial charge in [-0.1, -0.05) is 20.8 Å². The lowest BCUT2D eigenvalue weighted by Gasteiger charge is -2.40. The maximum Gasteiger partial charge on any atom is 0.0624 e. The summed E-state index contributed by atoms with van der Waals surface area (Å²) < 4.78 is 2.14. The third kappa shape index (κ3) is 3.19. The van der Waals surface area contributed by atoms with Crippen LogP contribution in [0.1, 0.15) is 58.3 Å². The summed E-state index contributed by atoms with van der Waals surface area (Å²) in [5.74, 6) is 1.56. The summed E-state index contributed by atoms with van der Waals surface area (Å²) in [4.78, 5) is 0. The Morgan fingerprint density at radius 2 is 2.11 bits per heavy atom. The minimum atomic E-state index is -0.0239. The molecule has 3 nitrogen and oxygen atoms in total. The molecule has 0 aromatic carbocycles. The molecule has 0 amide bonds. The molecule has 0 bridgehead atoms. The molecule has 0 saturated heterocycles. The fraction of sp³-hybridized carbons (Fsp3) is 0.812. The van der Waals surface area contributed by atoms with E-state index in [1.54, 1.807) is 0 Å². The molecule has 2 rings (SSSR count). The van der Waals surface area contributed by atoms with Crippen LogP contribution in [0.25, 0.3) is 0 Å². The van der Waals surface area contributed by atoms with Gasteiger partial charge in [-0.05, 0) is 50.5 Å². The number of nitrogens with two attached hydrogens (primary N) is 1. The van der Waals surface area contributed by atoms with Crippen LogP contribution in [-0.4, -0.2) is 15.3 Å². The molecule has 1 aliphatic rings. The van der Waals surface area contributed by atoms with E-state index in [1.807, 2.05) is 0 Å². The highest BCUT2D eigenvalue weighted by atomic mass is 15.3. The monoisotopic (exact) mass is 263 g/mol. The predicted molar refractivity (Wildman–Crippen MR) is 80.1 cm³/mol. The molecule has 1 aromatic heterocycles. The summed E-state index contributed by atoms with van der Waals surface area (Å²) in [5, 5.41) is 4.64. The Hall–Kier alpha value is -0.830. The summed E-state index contributed by atoms with van der Waals surface area (Å²) in [6.07, 6.45) is 5.54. The molecule has 3 heteroatoms. The first kappa shape index (κ1) is 14.6.